The summed E-state index contributed by atoms with van der Waals surface area (Å²) in [5.74, 6) is 0.573. The summed E-state index contributed by atoms with van der Waals surface area (Å²) in [5.41, 5.74) is 4.47. The van der Waals surface area contributed by atoms with Crippen molar-refractivity contribution < 1.29 is 13.3 Å². The fraction of sp³-hybridized carbons (Fsp3) is 0.500. The minimum Gasteiger partial charge on any atom is -0.506 e. The van der Waals surface area contributed by atoms with Gasteiger partial charge in [-0.3, -0.25) is 0 Å². The van der Waals surface area contributed by atoms with Crippen LogP contribution in [0.5, 0.6) is 5.75 Å². The first-order chi connectivity index (χ1) is 15.1. The molecule has 0 spiro atoms. The van der Waals surface area contributed by atoms with E-state index in [4.69, 9.17) is 8.23 Å². The summed E-state index contributed by atoms with van der Waals surface area (Å²) in [4.78, 5) is 1.52. The lowest BCUT2D eigenvalue weighted by Crippen LogP contribution is -2.53. The normalized spacial score (nSPS) is 14.1. The van der Waals surface area contributed by atoms with Gasteiger partial charge in [-0.2, -0.15) is 0 Å². The largest absolute Gasteiger partial charge is 0.506 e. The van der Waals surface area contributed by atoms with E-state index in [1.54, 1.807) is 0 Å². The monoisotopic (exact) mass is 501 g/mol. The molecule has 0 bridgehead atoms. The first-order valence-corrected chi connectivity index (χ1v) is 21.0. The molecule has 6 nitrogen and oxygen atoms in total. The molecule has 9 heteroatoms. The van der Waals surface area contributed by atoms with Gasteiger partial charge in [-0.15, -0.1) is 15.0 Å². The number of aryl methyl sites for hydroxylation is 1. The second kappa shape index (κ2) is 9.46. The number of benzene rings is 2. The Morgan fingerprint density at radius 1 is 0.909 bits per heavy atom. The van der Waals surface area contributed by atoms with Crippen LogP contribution in [-0.4, -0.2) is 45.3 Å². The molecule has 2 aromatic carbocycles. The molecule has 0 amide bonds. The summed E-state index contributed by atoms with van der Waals surface area (Å²) in [6.45, 7) is 20.0. The van der Waals surface area contributed by atoms with Gasteiger partial charge in [-0.05, 0) is 107 Å². The third kappa shape index (κ3) is 7.10. The molecule has 1 unspecified atom stereocenters. The zero-order valence-corrected chi connectivity index (χ0v) is 24.6. The number of nitrogens with zero attached hydrogens (tertiary/aromatic N) is 3. The molecule has 3 rings (SSSR count). The Morgan fingerprint density at radius 2 is 1.42 bits per heavy atom. The lowest BCUT2D eigenvalue weighted by Gasteiger charge is -2.40. The van der Waals surface area contributed by atoms with E-state index in [2.05, 4.69) is 69.9 Å². The molecule has 1 aromatic heterocycles. The van der Waals surface area contributed by atoms with Gasteiger partial charge >= 0.3 is 8.56 Å². The fourth-order valence-electron chi connectivity index (χ4n) is 4.55. The van der Waals surface area contributed by atoms with Gasteiger partial charge in [0, 0.05) is 0 Å². The van der Waals surface area contributed by atoms with Gasteiger partial charge in [0.05, 0.1) is 0 Å². The average molecular weight is 502 g/mol. The Hall–Kier alpha value is -1.79. The standard InChI is InChI=1S/C24H39N3O3Si3/c1-18(17-33(9,29-31(3,4)5)30-32(6,7)8)14-20-16-24(28)23(15-19(20)2)27-25-21-12-10-11-13-22(21)26-27/h10-13,15-16,18,28H,14,17H2,1-9H3. The van der Waals surface area contributed by atoms with E-state index in [1.165, 1.54) is 4.80 Å². The van der Waals surface area contributed by atoms with Gasteiger partial charge in [-0.25, -0.2) is 0 Å². The van der Waals surface area contributed by atoms with Crippen molar-refractivity contribution in [2.75, 3.05) is 0 Å². The number of rotatable bonds is 9. The molecule has 0 saturated carbocycles. The van der Waals surface area contributed by atoms with E-state index >= 15 is 0 Å². The van der Waals surface area contributed by atoms with E-state index in [0.717, 1.165) is 34.6 Å². The van der Waals surface area contributed by atoms with Crippen molar-refractivity contribution in [2.45, 2.75) is 72.1 Å². The van der Waals surface area contributed by atoms with Crippen molar-refractivity contribution in [1.29, 1.82) is 0 Å². The maximum atomic E-state index is 10.8. The second-order valence-corrected chi connectivity index (χ2v) is 24.1. The van der Waals surface area contributed by atoms with Crippen LogP contribution in [0.25, 0.3) is 16.7 Å². The molecule has 3 aromatic rings. The first-order valence-electron chi connectivity index (χ1n) is 11.7. The maximum absolute atomic E-state index is 10.8. The van der Waals surface area contributed by atoms with Crippen LogP contribution >= 0.6 is 0 Å². The number of fused-ring (bicyclic) bond motifs is 1. The smallest absolute Gasteiger partial charge is 0.314 e. The average Bonchev–Trinajstić information content (AvgIpc) is 3.04. The van der Waals surface area contributed by atoms with Crippen molar-refractivity contribution in [2.24, 2.45) is 5.92 Å². The van der Waals surface area contributed by atoms with Gasteiger partial charge in [0.15, 0.2) is 16.6 Å². The summed E-state index contributed by atoms with van der Waals surface area (Å²) in [6, 6.07) is 12.5. The molecule has 0 saturated heterocycles. The van der Waals surface area contributed by atoms with Gasteiger partial charge < -0.3 is 13.3 Å². The van der Waals surface area contributed by atoms with Crippen LogP contribution < -0.4 is 0 Å². The first kappa shape index (κ1) is 25.8. The van der Waals surface area contributed by atoms with Crippen molar-refractivity contribution in [1.82, 2.24) is 15.0 Å². The molecule has 1 atom stereocenters. The Balaban J connectivity index is 1.81. The van der Waals surface area contributed by atoms with E-state index in [0.29, 0.717) is 11.6 Å². The molecule has 0 fully saturated rings. The SMILES string of the molecule is Cc1cc(-n2nc3ccccc3n2)c(O)cc1CC(C)C[Si](C)(O[Si](C)(C)C)O[Si](C)(C)C. The highest BCUT2D eigenvalue weighted by Gasteiger charge is 2.41. The molecule has 0 aliphatic rings. The molecular formula is C24H39N3O3Si3. The van der Waals surface area contributed by atoms with Crippen LogP contribution in [0.3, 0.4) is 0 Å². The van der Waals surface area contributed by atoms with Crippen LogP contribution in [0.15, 0.2) is 36.4 Å². The molecule has 1 heterocycles. The third-order valence-corrected chi connectivity index (χ3v) is 15.1. The van der Waals surface area contributed by atoms with Crippen LogP contribution in [0.1, 0.15) is 18.1 Å². The lowest BCUT2D eigenvalue weighted by atomic mass is 9.97. The number of aromatic hydroxyl groups is 1. The summed E-state index contributed by atoms with van der Waals surface area (Å²) in [5, 5.41) is 19.9. The van der Waals surface area contributed by atoms with Crippen LogP contribution in [0, 0.1) is 12.8 Å². The van der Waals surface area contributed by atoms with Crippen molar-refractivity contribution in [3.05, 3.63) is 47.5 Å². The summed E-state index contributed by atoms with van der Waals surface area (Å²) in [7, 11) is -5.77. The third-order valence-electron chi connectivity index (χ3n) is 5.27. The maximum Gasteiger partial charge on any atom is 0.314 e. The molecule has 0 aliphatic carbocycles. The van der Waals surface area contributed by atoms with Crippen LogP contribution in [0.2, 0.25) is 51.9 Å². The van der Waals surface area contributed by atoms with E-state index in [9.17, 15) is 5.11 Å². The highest BCUT2D eigenvalue weighted by molar-refractivity contribution is 6.87. The molecular weight excluding hydrogens is 463 g/mol. The molecule has 1 N–H and O–H groups in total. The predicted octanol–water partition coefficient (Wildman–Crippen LogP) is 6.39. The Morgan fingerprint density at radius 3 is 1.91 bits per heavy atom. The number of hydrogen-bond donors (Lipinski definition) is 1. The van der Waals surface area contributed by atoms with E-state index in [1.807, 2.05) is 36.4 Å². The quantitative estimate of drug-likeness (QED) is 0.344. The molecule has 0 aliphatic heterocycles. The Labute approximate surface area is 201 Å². The summed E-state index contributed by atoms with van der Waals surface area (Å²) >= 11 is 0. The Bertz CT molecular complexity index is 1070. The van der Waals surface area contributed by atoms with Gasteiger partial charge in [-0.1, -0.05) is 19.1 Å². The second-order valence-electron chi connectivity index (χ2n) is 11.3. The molecule has 33 heavy (non-hydrogen) atoms. The number of hydrogen-bond acceptors (Lipinski definition) is 5. The zero-order chi connectivity index (χ0) is 24.6. The summed E-state index contributed by atoms with van der Waals surface area (Å²) < 4.78 is 13.4. The molecule has 180 valence electrons. The number of aromatic nitrogens is 3. The minimum absolute atomic E-state index is 0.194. The highest BCUT2D eigenvalue weighted by atomic mass is 28.5. The predicted molar refractivity (Wildman–Crippen MR) is 143 cm³/mol. The zero-order valence-electron chi connectivity index (χ0n) is 21.6. The van der Waals surface area contributed by atoms with Gasteiger partial charge in [0.2, 0.25) is 0 Å². The Kier molecular flexibility index (Phi) is 7.40. The van der Waals surface area contributed by atoms with Gasteiger partial charge in [0.1, 0.15) is 22.5 Å². The number of phenols is 1. The highest BCUT2D eigenvalue weighted by Crippen LogP contribution is 2.32. The van der Waals surface area contributed by atoms with Crippen molar-refractivity contribution in [3.63, 3.8) is 0 Å². The number of phenolic OH excluding ortho intramolecular Hbond substituents is 1. The van der Waals surface area contributed by atoms with Gasteiger partial charge in [0.25, 0.3) is 0 Å². The molecule has 0 radical (unpaired) electrons. The van der Waals surface area contributed by atoms with Crippen molar-refractivity contribution in [3.8, 4) is 11.4 Å². The van der Waals surface area contributed by atoms with Crippen LogP contribution in [0.4, 0.5) is 0 Å². The van der Waals surface area contributed by atoms with E-state index < -0.39 is 25.2 Å². The fourth-order valence-corrected chi connectivity index (χ4v) is 17.5. The minimum atomic E-state index is -2.31. The van der Waals surface area contributed by atoms with E-state index in [-0.39, 0.29) is 5.75 Å². The topological polar surface area (TPSA) is 69.4 Å². The van der Waals surface area contributed by atoms with Crippen molar-refractivity contribution >= 4 is 36.2 Å². The van der Waals surface area contributed by atoms with Crippen LogP contribution in [-0.2, 0) is 14.7 Å². The lowest BCUT2D eigenvalue weighted by molar-refractivity contribution is 0.369. The summed E-state index contributed by atoms with van der Waals surface area (Å²) in [6.07, 6.45) is 0.862.